The Morgan fingerprint density at radius 3 is 2.80 bits per heavy atom. The molecule has 0 aliphatic heterocycles. The van der Waals surface area contributed by atoms with Crippen LogP contribution in [0, 0.1) is 19.7 Å². The fourth-order valence-corrected chi connectivity index (χ4v) is 1.96. The third kappa shape index (κ3) is 3.04. The quantitative estimate of drug-likeness (QED) is 0.806. The fourth-order valence-electron chi connectivity index (χ4n) is 1.96. The molecule has 0 atom stereocenters. The Hall–Kier alpha value is -2.17. The number of carbonyl (C=O) groups is 1. The summed E-state index contributed by atoms with van der Waals surface area (Å²) in [6.07, 6.45) is 1.71. The first kappa shape index (κ1) is 14.2. The molecule has 20 heavy (non-hydrogen) atoms. The van der Waals surface area contributed by atoms with Crippen molar-refractivity contribution in [1.82, 2.24) is 9.78 Å². The molecule has 0 spiro atoms. The summed E-state index contributed by atoms with van der Waals surface area (Å²) >= 11 is 0. The molecule has 2 rings (SSSR count). The molecule has 0 aliphatic carbocycles. The molecule has 4 nitrogen and oxygen atoms in total. The Labute approximate surface area is 117 Å². The van der Waals surface area contributed by atoms with E-state index < -0.39 is 5.97 Å². The highest BCUT2D eigenvalue weighted by Gasteiger charge is 2.15. The van der Waals surface area contributed by atoms with Gasteiger partial charge in [-0.2, -0.15) is 5.10 Å². The number of carbonyl (C=O) groups excluding carboxylic acids is 1. The number of nitrogens with zero attached hydrogens (tertiary/aromatic N) is 2. The number of aromatic nitrogens is 2. The monoisotopic (exact) mass is 276 g/mol. The molecular formula is C15H17FN2O2. The van der Waals surface area contributed by atoms with Gasteiger partial charge in [0, 0.05) is 17.3 Å². The van der Waals surface area contributed by atoms with Crippen LogP contribution in [0.4, 0.5) is 4.39 Å². The van der Waals surface area contributed by atoms with Crippen molar-refractivity contribution in [1.29, 1.82) is 0 Å². The van der Waals surface area contributed by atoms with E-state index in [-0.39, 0.29) is 18.1 Å². The van der Waals surface area contributed by atoms with E-state index in [2.05, 4.69) is 5.10 Å². The molecule has 1 heterocycles. The number of hydrogen-bond donors (Lipinski definition) is 0. The van der Waals surface area contributed by atoms with Crippen LogP contribution in [0.3, 0.4) is 0 Å². The molecule has 5 heteroatoms. The third-order valence-corrected chi connectivity index (χ3v) is 2.95. The Kier molecular flexibility index (Phi) is 4.17. The van der Waals surface area contributed by atoms with Crippen LogP contribution in [0.25, 0.3) is 0 Å². The van der Waals surface area contributed by atoms with E-state index in [0.29, 0.717) is 12.2 Å². The SMILES string of the molecule is CCOC(=O)c1nn(Cc2ccc(C)cc2F)cc1C. The van der Waals surface area contributed by atoms with Crippen LogP contribution < -0.4 is 0 Å². The lowest BCUT2D eigenvalue weighted by Crippen LogP contribution is -2.09. The number of aryl methyl sites for hydroxylation is 2. The molecule has 0 saturated heterocycles. The summed E-state index contributed by atoms with van der Waals surface area (Å²) in [6.45, 7) is 5.95. The lowest BCUT2D eigenvalue weighted by molar-refractivity contribution is 0.0517. The van der Waals surface area contributed by atoms with Gasteiger partial charge in [-0.15, -0.1) is 0 Å². The lowest BCUT2D eigenvalue weighted by atomic mass is 10.1. The van der Waals surface area contributed by atoms with E-state index in [0.717, 1.165) is 11.1 Å². The van der Waals surface area contributed by atoms with E-state index in [4.69, 9.17) is 4.74 Å². The zero-order chi connectivity index (χ0) is 14.7. The summed E-state index contributed by atoms with van der Waals surface area (Å²) in [5.74, 6) is -0.719. The van der Waals surface area contributed by atoms with Crippen molar-refractivity contribution >= 4 is 5.97 Å². The van der Waals surface area contributed by atoms with Crippen molar-refractivity contribution in [2.75, 3.05) is 6.61 Å². The minimum Gasteiger partial charge on any atom is -0.461 e. The Morgan fingerprint density at radius 1 is 1.40 bits per heavy atom. The summed E-state index contributed by atoms with van der Waals surface area (Å²) < 4.78 is 20.3. The fraction of sp³-hybridized carbons (Fsp3) is 0.333. The zero-order valence-electron chi connectivity index (χ0n) is 11.8. The predicted octanol–water partition coefficient (Wildman–Crippen LogP) is 2.86. The standard InChI is InChI=1S/C15H17FN2O2/c1-4-20-15(19)14-11(3)8-18(17-14)9-12-6-5-10(2)7-13(12)16/h5-8H,4,9H2,1-3H3. The average molecular weight is 276 g/mol. The third-order valence-electron chi connectivity index (χ3n) is 2.95. The second kappa shape index (κ2) is 5.86. The molecule has 0 saturated carbocycles. The molecule has 1 aromatic heterocycles. The Bertz CT molecular complexity index is 635. The van der Waals surface area contributed by atoms with Gasteiger partial charge >= 0.3 is 5.97 Å². The summed E-state index contributed by atoms with van der Waals surface area (Å²) in [4.78, 5) is 11.7. The molecule has 0 N–H and O–H groups in total. The van der Waals surface area contributed by atoms with E-state index in [1.807, 2.05) is 13.0 Å². The predicted molar refractivity (Wildman–Crippen MR) is 73.2 cm³/mol. The van der Waals surface area contributed by atoms with Crippen molar-refractivity contribution in [2.24, 2.45) is 0 Å². The normalized spacial score (nSPS) is 10.6. The molecule has 0 radical (unpaired) electrons. The van der Waals surface area contributed by atoms with Crippen LogP contribution in [0.1, 0.15) is 34.1 Å². The van der Waals surface area contributed by atoms with Gasteiger partial charge in [0.15, 0.2) is 5.69 Å². The van der Waals surface area contributed by atoms with E-state index in [1.165, 1.54) is 6.07 Å². The largest absolute Gasteiger partial charge is 0.461 e. The number of benzene rings is 1. The first-order valence-corrected chi connectivity index (χ1v) is 6.47. The van der Waals surface area contributed by atoms with Gasteiger partial charge in [0.05, 0.1) is 13.2 Å². The smallest absolute Gasteiger partial charge is 0.359 e. The highest BCUT2D eigenvalue weighted by atomic mass is 19.1. The van der Waals surface area contributed by atoms with Gasteiger partial charge in [-0.25, -0.2) is 9.18 Å². The number of halogens is 1. The van der Waals surface area contributed by atoms with Crippen molar-refractivity contribution in [3.05, 3.63) is 52.6 Å². The number of hydrogen-bond acceptors (Lipinski definition) is 3. The number of ether oxygens (including phenoxy) is 1. The zero-order valence-corrected chi connectivity index (χ0v) is 11.8. The molecular weight excluding hydrogens is 259 g/mol. The summed E-state index contributed by atoms with van der Waals surface area (Å²) in [7, 11) is 0. The Morgan fingerprint density at radius 2 is 2.15 bits per heavy atom. The maximum Gasteiger partial charge on any atom is 0.359 e. The van der Waals surface area contributed by atoms with Crippen molar-refractivity contribution in [3.63, 3.8) is 0 Å². The minimum atomic E-state index is -0.451. The molecule has 0 bridgehead atoms. The average Bonchev–Trinajstić information content (AvgIpc) is 2.74. The molecule has 0 aliphatic rings. The minimum absolute atomic E-state index is 0.268. The van der Waals surface area contributed by atoms with Crippen LogP contribution in [0.5, 0.6) is 0 Å². The van der Waals surface area contributed by atoms with Gasteiger partial charge in [-0.1, -0.05) is 12.1 Å². The highest BCUT2D eigenvalue weighted by Crippen LogP contribution is 2.13. The van der Waals surface area contributed by atoms with E-state index >= 15 is 0 Å². The van der Waals surface area contributed by atoms with Gasteiger partial charge < -0.3 is 4.74 Å². The van der Waals surface area contributed by atoms with Gasteiger partial charge in [-0.3, -0.25) is 4.68 Å². The van der Waals surface area contributed by atoms with Crippen LogP contribution in [0.15, 0.2) is 24.4 Å². The van der Waals surface area contributed by atoms with Crippen molar-refractivity contribution < 1.29 is 13.9 Å². The maximum absolute atomic E-state index is 13.8. The van der Waals surface area contributed by atoms with E-state index in [9.17, 15) is 9.18 Å². The van der Waals surface area contributed by atoms with Crippen LogP contribution in [-0.2, 0) is 11.3 Å². The molecule has 0 unspecified atom stereocenters. The summed E-state index contributed by atoms with van der Waals surface area (Å²) in [5, 5.41) is 4.16. The van der Waals surface area contributed by atoms with Gasteiger partial charge in [-0.05, 0) is 32.4 Å². The summed E-state index contributed by atoms with van der Waals surface area (Å²) in [6, 6.07) is 5.06. The maximum atomic E-state index is 13.8. The van der Waals surface area contributed by atoms with Crippen LogP contribution >= 0.6 is 0 Å². The Balaban J connectivity index is 2.22. The van der Waals surface area contributed by atoms with Gasteiger partial charge in [0.2, 0.25) is 0 Å². The highest BCUT2D eigenvalue weighted by molar-refractivity contribution is 5.88. The van der Waals surface area contributed by atoms with E-state index in [1.54, 1.807) is 30.8 Å². The molecule has 0 amide bonds. The first-order valence-electron chi connectivity index (χ1n) is 6.47. The van der Waals surface area contributed by atoms with Gasteiger partial charge in [0.25, 0.3) is 0 Å². The molecule has 2 aromatic rings. The second-order valence-corrected chi connectivity index (χ2v) is 4.67. The van der Waals surface area contributed by atoms with Crippen LogP contribution in [0.2, 0.25) is 0 Å². The van der Waals surface area contributed by atoms with Crippen molar-refractivity contribution in [3.8, 4) is 0 Å². The summed E-state index contributed by atoms with van der Waals surface area (Å²) in [5.41, 5.74) is 2.40. The second-order valence-electron chi connectivity index (χ2n) is 4.67. The molecule has 1 aromatic carbocycles. The number of esters is 1. The number of rotatable bonds is 4. The van der Waals surface area contributed by atoms with Crippen LogP contribution in [-0.4, -0.2) is 22.4 Å². The van der Waals surface area contributed by atoms with Gasteiger partial charge in [0.1, 0.15) is 5.82 Å². The first-order chi connectivity index (χ1) is 9.51. The topological polar surface area (TPSA) is 44.1 Å². The molecule has 0 fully saturated rings. The van der Waals surface area contributed by atoms with Crippen molar-refractivity contribution in [2.45, 2.75) is 27.3 Å². The molecule has 106 valence electrons. The lowest BCUT2D eigenvalue weighted by Gasteiger charge is -2.04.